The van der Waals surface area contributed by atoms with Gasteiger partial charge in [0, 0.05) is 12.7 Å². The number of pyridine rings is 1. The predicted octanol–water partition coefficient (Wildman–Crippen LogP) is 2.67. The first-order chi connectivity index (χ1) is 12.5. The van der Waals surface area contributed by atoms with E-state index in [1.165, 1.54) is 12.1 Å². The Bertz CT molecular complexity index is 978. The van der Waals surface area contributed by atoms with Crippen LogP contribution in [-0.4, -0.2) is 33.0 Å². The number of rotatable bonds is 6. The number of benzene rings is 1. The minimum Gasteiger partial charge on any atom is -0.490 e. The molecule has 0 saturated carbocycles. The van der Waals surface area contributed by atoms with Crippen LogP contribution in [0.3, 0.4) is 0 Å². The highest BCUT2D eigenvalue weighted by Crippen LogP contribution is 2.22. The van der Waals surface area contributed by atoms with E-state index in [0.29, 0.717) is 35.0 Å². The van der Waals surface area contributed by atoms with E-state index >= 15 is 0 Å². The number of aromatic carboxylic acids is 1. The summed E-state index contributed by atoms with van der Waals surface area (Å²) >= 11 is 0. The molecule has 0 aliphatic heterocycles. The number of hydrogen-bond donors (Lipinski definition) is 2. The van der Waals surface area contributed by atoms with E-state index < -0.39 is 5.97 Å². The maximum absolute atomic E-state index is 12.7. The molecule has 0 unspecified atom stereocenters. The number of aryl methyl sites for hydroxylation is 1. The number of fused-ring (bicyclic) bond motifs is 1. The molecule has 0 aliphatic carbocycles. The lowest BCUT2D eigenvalue weighted by Crippen LogP contribution is -2.25. The van der Waals surface area contributed by atoms with E-state index in [1.807, 2.05) is 13.0 Å². The minimum absolute atomic E-state index is 0.184. The number of carbonyl (C=O) groups excluding carboxylic acids is 1. The molecular formula is C19H19N3O4. The standard InChI is InChI=1S/C19H19N3O4/c1-3-26-15-8-5-9-22-16(12(2)21-17(15)22)18(23)20-11-13-6-4-7-14(10-13)19(24)25/h4-10H,3,11H2,1-2H3,(H,20,23)(H,24,25). The Kier molecular flexibility index (Phi) is 4.88. The average Bonchev–Trinajstić information content (AvgIpc) is 2.97. The van der Waals surface area contributed by atoms with Gasteiger partial charge in [-0.3, -0.25) is 9.20 Å². The van der Waals surface area contributed by atoms with E-state index in [9.17, 15) is 9.59 Å². The third-order valence-electron chi connectivity index (χ3n) is 3.93. The minimum atomic E-state index is -1.00. The summed E-state index contributed by atoms with van der Waals surface area (Å²) in [5.41, 5.74) is 2.50. The number of carboxylic acids is 1. The number of imidazole rings is 1. The molecule has 2 N–H and O–H groups in total. The summed E-state index contributed by atoms with van der Waals surface area (Å²) in [7, 11) is 0. The fourth-order valence-electron chi connectivity index (χ4n) is 2.78. The fourth-order valence-corrected chi connectivity index (χ4v) is 2.78. The van der Waals surface area contributed by atoms with Crippen molar-refractivity contribution in [3.05, 3.63) is 65.1 Å². The molecule has 3 aromatic rings. The fraction of sp³-hybridized carbons (Fsp3) is 0.211. The second kappa shape index (κ2) is 7.26. The number of hydrogen-bond acceptors (Lipinski definition) is 4. The molecule has 2 heterocycles. The van der Waals surface area contributed by atoms with Crippen LogP contribution in [0.2, 0.25) is 0 Å². The first-order valence-corrected chi connectivity index (χ1v) is 8.22. The first kappa shape index (κ1) is 17.5. The van der Waals surface area contributed by atoms with Crippen molar-refractivity contribution in [1.29, 1.82) is 0 Å². The summed E-state index contributed by atoms with van der Waals surface area (Å²) in [6.07, 6.45) is 1.76. The van der Waals surface area contributed by atoms with Crippen LogP contribution in [-0.2, 0) is 6.54 Å². The van der Waals surface area contributed by atoms with Gasteiger partial charge >= 0.3 is 5.97 Å². The van der Waals surface area contributed by atoms with Crippen LogP contribution < -0.4 is 10.1 Å². The van der Waals surface area contributed by atoms with Gasteiger partial charge in [-0.2, -0.15) is 0 Å². The maximum Gasteiger partial charge on any atom is 0.335 e. The topological polar surface area (TPSA) is 92.9 Å². The normalized spacial score (nSPS) is 10.7. The molecule has 0 saturated heterocycles. The second-order valence-electron chi connectivity index (χ2n) is 5.73. The van der Waals surface area contributed by atoms with Gasteiger partial charge in [-0.15, -0.1) is 0 Å². The Morgan fingerprint density at radius 1 is 1.27 bits per heavy atom. The van der Waals surface area contributed by atoms with Crippen molar-refractivity contribution in [1.82, 2.24) is 14.7 Å². The zero-order chi connectivity index (χ0) is 18.7. The third kappa shape index (κ3) is 3.37. The summed E-state index contributed by atoms with van der Waals surface area (Å²) < 4.78 is 7.26. The number of carbonyl (C=O) groups is 2. The van der Waals surface area contributed by atoms with Crippen LogP contribution in [0.25, 0.3) is 5.65 Å². The Balaban J connectivity index is 1.84. The molecule has 0 fully saturated rings. The highest BCUT2D eigenvalue weighted by atomic mass is 16.5. The van der Waals surface area contributed by atoms with Crippen molar-refractivity contribution in [3.63, 3.8) is 0 Å². The number of ether oxygens (including phenoxy) is 1. The predicted molar refractivity (Wildman–Crippen MR) is 95.7 cm³/mol. The molecule has 134 valence electrons. The summed E-state index contributed by atoms with van der Waals surface area (Å²) in [4.78, 5) is 28.2. The molecule has 1 aromatic carbocycles. The van der Waals surface area contributed by atoms with Gasteiger partial charge in [-0.1, -0.05) is 12.1 Å². The number of aromatic nitrogens is 2. The van der Waals surface area contributed by atoms with Crippen molar-refractivity contribution < 1.29 is 19.4 Å². The molecule has 3 rings (SSSR count). The Morgan fingerprint density at radius 2 is 2.08 bits per heavy atom. The first-order valence-electron chi connectivity index (χ1n) is 8.22. The van der Waals surface area contributed by atoms with E-state index in [0.717, 1.165) is 0 Å². The smallest absolute Gasteiger partial charge is 0.335 e. The highest BCUT2D eigenvalue weighted by molar-refractivity contribution is 5.95. The molecule has 26 heavy (non-hydrogen) atoms. The van der Waals surface area contributed by atoms with E-state index in [1.54, 1.807) is 35.7 Å². The van der Waals surface area contributed by atoms with Gasteiger partial charge in [-0.05, 0) is 43.7 Å². The van der Waals surface area contributed by atoms with Crippen LogP contribution in [0.1, 0.15) is 39.0 Å². The highest BCUT2D eigenvalue weighted by Gasteiger charge is 2.18. The molecule has 7 nitrogen and oxygen atoms in total. The van der Waals surface area contributed by atoms with E-state index in [-0.39, 0.29) is 18.0 Å². The molecule has 0 bridgehead atoms. The van der Waals surface area contributed by atoms with E-state index in [2.05, 4.69) is 10.3 Å². The quantitative estimate of drug-likeness (QED) is 0.711. The Morgan fingerprint density at radius 3 is 2.81 bits per heavy atom. The number of amides is 1. The van der Waals surface area contributed by atoms with Gasteiger partial charge in [-0.25, -0.2) is 9.78 Å². The molecule has 0 aliphatic rings. The van der Waals surface area contributed by atoms with Gasteiger partial charge < -0.3 is 15.2 Å². The van der Waals surface area contributed by atoms with Crippen LogP contribution in [0.5, 0.6) is 5.75 Å². The SMILES string of the molecule is CCOc1cccn2c(C(=O)NCc3cccc(C(=O)O)c3)c(C)nc12. The summed E-state index contributed by atoms with van der Waals surface area (Å²) in [6, 6.07) is 10.1. The van der Waals surface area contributed by atoms with E-state index in [4.69, 9.17) is 9.84 Å². The van der Waals surface area contributed by atoms with Crippen molar-refractivity contribution in [2.45, 2.75) is 20.4 Å². The van der Waals surface area contributed by atoms with Gasteiger partial charge in [0.15, 0.2) is 11.4 Å². The molecule has 0 spiro atoms. The lowest BCUT2D eigenvalue weighted by atomic mass is 10.1. The van der Waals surface area contributed by atoms with Crippen LogP contribution in [0.15, 0.2) is 42.6 Å². The number of nitrogens with one attached hydrogen (secondary N) is 1. The van der Waals surface area contributed by atoms with Gasteiger partial charge in [0.1, 0.15) is 5.69 Å². The average molecular weight is 353 g/mol. The molecule has 0 atom stereocenters. The summed E-state index contributed by atoms with van der Waals surface area (Å²) in [6.45, 7) is 4.38. The Hall–Kier alpha value is -3.35. The monoisotopic (exact) mass is 353 g/mol. The largest absolute Gasteiger partial charge is 0.490 e. The lowest BCUT2D eigenvalue weighted by Gasteiger charge is -2.08. The van der Waals surface area contributed by atoms with Gasteiger partial charge in [0.05, 0.1) is 17.9 Å². The summed E-state index contributed by atoms with van der Waals surface area (Å²) in [5, 5.41) is 11.9. The number of carboxylic acid groups (broad SMARTS) is 1. The molecule has 1 amide bonds. The van der Waals surface area contributed by atoms with Crippen molar-refractivity contribution >= 4 is 17.5 Å². The van der Waals surface area contributed by atoms with Crippen LogP contribution in [0, 0.1) is 6.92 Å². The zero-order valence-corrected chi connectivity index (χ0v) is 14.5. The lowest BCUT2D eigenvalue weighted by molar-refractivity contribution is 0.0696. The van der Waals surface area contributed by atoms with Crippen molar-refractivity contribution in [3.8, 4) is 5.75 Å². The summed E-state index contributed by atoms with van der Waals surface area (Å²) in [5.74, 6) is -0.671. The van der Waals surface area contributed by atoms with Crippen molar-refractivity contribution in [2.75, 3.05) is 6.61 Å². The second-order valence-corrected chi connectivity index (χ2v) is 5.73. The van der Waals surface area contributed by atoms with Gasteiger partial charge in [0.2, 0.25) is 0 Å². The molecular weight excluding hydrogens is 334 g/mol. The molecule has 0 radical (unpaired) electrons. The van der Waals surface area contributed by atoms with Crippen molar-refractivity contribution in [2.24, 2.45) is 0 Å². The third-order valence-corrected chi connectivity index (χ3v) is 3.93. The molecule has 7 heteroatoms. The molecule has 2 aromatic heterocycles. The number of nitrogens with zero attached hydrogens (tertiary/aromatic N) is 2. The Labute approximate surface area is 150 Å². The maximum atomic E-state index is 12.7. The van der Waals surface area contributed by atoms with Gasteiger partial charge in [0.25, 0.3) is 5.91 Å². The zero-order valence-electron chi connectivity index (χ0n) is 14.5. The van der Waals surface area contributed by atoms with Crippen LogP contribution >= 0.6 is 0 Å². The van der Waals surface area contributed by atoms with Crippen LogP contribution in [0.4, 0.5) is 0 Å².